The van der Waals surface area contributed by atoms with E-state index in [1.165, 1.54) is 12.1 Å². The monoisotopic (exact) mass is 266 g/mol. The summed E-state index contributed by atoms with van der Waals surface area (Å²) < 4.78 is 19.8. The van der Waals surface area contributed by atoms with Crippen molar-refractivity contribution in [2.45, 2.75) is 23.8 Å². The Labute approximate surface area is 108 Å². The summed E-state index contributed by atoms with van der Waals surface area (Å²) >= 11 is -2.04. The second-order valence-corrected chi connectivity index (χ2v) is 4.96. The molecule has 0 aromatic heterocycles. The molecule has 0 radical (unpaired) electrons. The number of allylic oxidation sites excluding steroid dienone is 1. The maximum absolute atomic E-state index is 11.7. The lowest BCUT2D eigenvalue weighted by Gasteiger charge is -2.12. The lowest BCUT2D eigenvalue weighted by Crippen LogP contribution is -2.35. The van der Waals surface area contributed by atoms with Crippen molar-refractivity contribution >= 4 is 22.8 Å². The molecular formula is C12H14N2O3S. The van der Waals surface area contributed by atoms with Crippen LogP contribution in [0.5, 0.6) is 0 Å². The van der Waals surface area contributed by atoms with Crippen LogP contribution in [0.15, 0.2) is 41.3 Å². The van der Waals surface area contributed by atoms with Crippen LogP contribution in [0.25, 0.3) is 0 Å². The molecule has 18 heavy (non-hydrogen) atoms. The Bertz CT molecular complexity index is 502. The van der Waals surface area contributed by atoms with E-state index < -0.39 is 11.1 Å². The summed E-state index contributed by atoms with van der Waals surface area (Å²) in [7, 11) is 0. The zero-order valence-corrected chi connectivity index (χ0v) is 10.4. The number of benzene rings is 1. The third-order valence-corrected chi connectivity index (χ3v) is 3.28. The molecule has 2 unspecified atom stereocenters. The summed E-state index contributed by atoms with van der Waals surface area (Å²) in [6.45, 7) is 0. The Kier molecular flexibility index (Phi) is 4.11. The maximum Gasteiger partial charge on any atom is 0.319 e. The number of amides is 2. The molecule has 1 aliphatic rings. The second kappa shape index (κ2) is 5.79. The van der Waals surface area contributed by atoms with Gasteiger partial charge in [-0.3, -0.25) is 0 Å². The van der Waals surface area contributed by atoms with Gasteiger partial charge in [0.15, 0.2) is 11.1 Å². The highest BCUT2D eigenvalue weighted by Crippen LogP contribution is 2.13. The van der Waals surface area contributed by atoms with Crippen molar-refractivity contribution in [3.8, 4) is 0 Å². The van der Waals surface area contributed by atoms with Crippen LogP contribution in [-0.2, 0) is 11.1 Å². The summed E-state index contributed by atoms with van der Waals surface area (Å²) in [6, 6.07) is 6.04. The number of hydrogen-bond donors (Lipinski definition) is 3. The molecule has 1 aromatic carbocycles. The minimum atomic E-state index is -2.04. The van der Waals surface area contributed by atoms with Gasteiger partial charge in [-0.15, -0.1) is 0 Å². The Hall–Kier alpha value is -1.66. The van der Waals surface area contributed by atoms with Crippen molar-refractivity contribution in [2.24, 2.45) is 0 Å². The van der Waals surface area contributed by atoms with Crippen LogP contribution < -0.4 is 10.6 Å². The van der Waals surface area contributed by atoms with Crippen LogP contribution in [0.1, 0.15) is 12.8 Å². The molecule has 1 aromatic rings. The maximum atomic E-state index is 11.7. The lowest BCUT2D eigenvalue weighted by atomic mass is 10.3. The molecule has 2 amide bonds. The van der Waals surface area contributed by atoms with Gasteiger partial charge in [-0.2, -0.15) is 0 Å². The average Bonchev–Trinajstić information content (AvgIpc) is 2.82. The third kappa shape index (κ3) is 3.41. The third-order valence-electron chi connectivity index (χ3n) is 2.62. The number of urea groups is 1. The molecule has 0 heterocycles. The van der Waals surface area contributed by atoms with Crippen LogP contribution >= 0.6 is 0 Å². The Morgan fingerprint density at radius 3 is 2.94 bits per heavy atom. The fraction of sp³-hybridized carbons (Fsp3) is 0.250. The first-order valence-electron chi connectivity index (χ1n) is 5.60. The number of rotatable bonds is 3. The van der Waals surface area contributed by atoms with E-state index in [1.54, 1.807) is 12.1 Å². The fourth-order valence-electron chi connectivity index (χ4n) is 1.77. The van der Waals surface area contributed by atoms with E-state index in [1.807, 2.05) is 12.2 Å². The van der Waals surface area contributed by atoms with Crippen molar-refractivity contribution < 1.29 is 13.6 Å². The lowest BCUT2D eigenvalue weighted by molar-refractivity contribution is 0.250. The highest BCUT2D eigenvalue weighted by atomic mass is 32.2. The quantitative estimate of drug-likeness (QED) is 0.579. The van der Waals surface area contributed by atoms with Gasteiger partial charge in [-0.25, -0.2) is 9.00 Å². The van der Waals surface area contributed by atoms with Crippen LogP contribution in [0, 0.1) is 0 Å². The molecule has 0 fully saturated rings. The molecule has 2 rings (SSSR count). The number of hydrogen-bond acceptors (Lipinski definition) is 2. The van der Waals surface area contributed by atoms with Crippen molar-refractivity contribution in [1.82, 2.24) is 5.32 Å². The van der Waals surface area contributed by atoms with Gasteiger partial charge in [0.1, 0.15) is 0 Å². The molecule has 96 valence electrons. The minimum Gasteiger partial charge on any atom is -0.332 e. The summed E-state index contributed by atoms with van der Waals surface area (Å²) in [5.74, 6) is 0. The van der Waals surface area contributed by atoms with Crippen LogP contribution in [0.2, 0.25) is 0 Å². The van der Waals surface area contributed by atoms with E-state index in [0.717, 1.165) is 12.8 Å². The number of nitrogens with one attached hydrogen (secondary N) is 2. The predicted molar refractivity (Wildman–Crippen MR) is 69.8 cm³/mol. The Balaban J connectivity index is 1.95. The van der Waals surface area contributed by atoms with Crippen LogP contribution in [0.4, 0.5) is 10.5 Å². The molecule has 0 aliphatic heterocycles. The number of carbonyl (C=O) groups excluding carboxylic acids is 1. The fourth-order valence-corrected chi connectivity index (χ4v) is 2.19. The van der Waals surface area contributed by atoms with Gasteiger partial charge < -0.3 is 15.2 Å². The Morgan fingerprint density at radius 1 is 1.44 bits per heavy atom. The molecule has 0 saturated carbocycles. The average molecular weight is 266 g/mol. The molecule has 2 atom stereocenters. The topological polar surface area (TPSA) is 78.4 Å². The molecule has 1 aliphatic carbocycles. The summed E-state index contributed by atoms with van der Waals surface area (Å²) in [5, 5.41) is 5.44. The van der Waals surface area contributed by atoms with Gasteiger partial charge in [-0.05, 0) is 31.0 Å². The van der Waals surface area contributed by atoms with E-state index in [2.05, 4.69) is 10.6 Å². The zero-order valence-electron chi connectivity index (χ0n) is 9.63. The van der Waals surface area contributed by atoms with Gasteiger partial charge in [0.05, 0.1) is 4.90 Å². The first-order valence-corrected chi connectivity index (χ1v) is 6.71. The van der Waals surface area contributed by atoms with Gasteiger partial charge in [0.25, 0.3) is 0 Å². The SMILES string of the molecule is O=C(Nc1cccc(S(=O)O)c1)NC1C=CCC1. The Morgan fingerprint density at radius 2 is 2.28 bits per heavy atom. The minimum absolute atomic E-state index is 0.0696. The number of anilines is 1. The first kappa shape index (κ1) is 12.8. The van der Waals surface area contributed by atoms with E-state index >= 15 is 0 Å². The highest BCUT2D eigenvalue weighted by molar-refractivity contribution is 7.79. The van der Waals surface area contributed by atoms with E-state index in [-0.39, 0.29) is 17.0 Å². The van der Waals surface area contributed by atoms with Crippen molar-refractivity contribution in [2.75, 3.05) is 5.32 Å². The van der Waals surface area contributed by atoms with Gasteiger partial charge in [-0.1, -0.05) is 18.2 Å². The summed E-state index contributed by atoms with van der Waals surface area (Å²) in [5.41, 5.74) is 0.495. The molecule has 0 saturated heterocycles. The molecule has 5 nitrogen and oxygen atoms in total. The van der Waals surface area contributed by atoms with E-state index in [9.17, 15) is 9.00 Å². The molecular weight excluding hydrogens is 252 g/mol. The standard InChI is InChI=1S/C12H14N2O3S/c15-12(13-9-4-1-2-5-9)14-10-6-3-7-11(8-10)18(16)17/h1,3-4,6-9H,2,5H2,(H,16,17)(H2,13,14,15). The molecule has 0 bridgehead atoms. The van der Waals surface area contributed by atoms with Crippen molar-refractivity contribution in [3.63, 3.8) is 0 Å². The molecule has 3 N–H and O–H groups in total. The zero-order chi connectivity index (χ0) is 13.0. The second-order valence-electron chi connectivity index (χ2n) is 3.99. The van der Waals surface area contributed by atoms with Crippen LogP contribution in [0.3, 0.4) is 0 Å². The largest absolute Gasteiger partial charge is 0.332 e. The van der Waals surface area contributed by atoms with Crippen molar-refractivity contribution in [3.05, 3.63) is 36.4 Å². The van der Waals surface area contributed by atoms with Gasteiger partial charge in [0, 0.05) is 11.7 Å². The van der Waals surface area contributed by atoms with Gasteiger partial charge in [0.2, 0.25) is 0 Å². The van der Waals surface area contributed by atoms with Crippen LogP contribution in [-0.4, -0.2) is 20.8 Å². The normalized spacial score (nSPS) is 19.5. The van der Waals surface area contributed by atoms with Crippen molar-refractivity contribution in [1.29, 1.82) is 0 Å². The number of carbonyl (C=O) groups is 1. The molecule has 0 spiro atoms. The van der Waals surface area contributed by atoms with Gasteiger partial charge >= 0.3 is 6.03 Å². The molecule has 6 heteroatoms. The summed E-state index contributed by atoms with van der Waals surface area (Å²) in [4.78, 5) is 11.9. The smallest absolute Gasteiger partial charge is 0.319 e. The first-order chi connectivity index (χ1) is 8.65. The van der Waals surface area contributed by atoms with E-state index in [0.29, 0.717) is 5.69 Å². The predicted octanol–water partition coefficient (Wildman–Crippen LogP) is 2.11. The summed E-state index contributed by atoms with van der Waals surface area (Å²) in [6.07, 6.45) is 5.87. The highest BCUT2D eigenvalue weighted by Gasteiger charge is 2.12. The van der Waals surface area contributed by atoms with E-state index in [4.69, 9.17) is 4.55 Å².